The van der Waals surface area contributed by atoms with E-state index in [9.17, 15) is 9.59 Å². The van der Waals surface area contributed by atoms with Crippen LogP contribution in [0, 0.1) is 0 Å². The quantitative estimate of drug-likeness (QED) is 0.757. The highest BCUT2D eigenvalue weighted by molar-refractivity contribution is 5.77. The first-order chi connectivity index (χ1) is 10.2. The fraction of sp³-hybridized carbons (Fsp3) is 0.444. The van der Waals surface area contributed by atoms with Gasteiger partial charge in [-0.3, -0.25) is 9.59 Å². The van der Waals surface area contributed by atoms with Crippen molar-refractivity contribution in [2.45, 2.75) is 51.5 Å². The van der Waals surface area contributed by atoms with Gasteiger partial charge in [-0.05, 0) is 23.0 Å². The summed E-state index contributed by atoms with van der Waals surface area (Å²) in [6, 6.07) is 7.24. The molecule has 0 fully saturated rings. The summed E-state index contributed by atoms with van der Waals surface area (Å²) in [5.41, 5.74) is 2.01. The van der Waals surface area contributed by atoms with Crippen molar-refractivity contribution < 1.29 is 14.7 Å². The van der Waals surface area contributed by atoms with Crippen LogP contribution in [0.1, 0.15) is 57.2 Å². The van der Waals surface area contributed by atoms with Crippen LogP contribution in [-0.2, 0) is 15.0 Å². The van der Waals surface area contributed by atoms with Gasteiger partial charge < -0.3 is 10.4 Å². The van der Waals surface area contributed by atoms with Crippen molar-refractivity contribution in [3.63, 3.8) is 0 Å². The third-order valence-corrected chi connectivity index (χ3v) is 3.47. The maximum Gasteiger partial charge on any atom is 0.305 e. The summed E-state index contributed by atoms with van der Waals surface area (Å²) in [7, 11) is 0. The second-order valence-electron chi connectivity index (χ2n) is 6.42. The maximum atomic E-state index is 11.8. The van der Waals surface area contributed by atoms with Gasteiger partial charge in [-0.15, -0.1) is 6.58 Å². The summed E-state index contributed by atoms with van der Waals surface area (Å²) < 4.78 is 0. The Labute approximate surface area is 132 Å². The number of nitrogens with one attached hydrogen (secondary N) is 1. The Bertz CT molecular complexity index is 526. The Kier molecular flexibility index (Phi) is 6.35. The van der Waals surface area contributed by atoms with Gasteiger partial charge in [0, 0.05) is 6.42 Å². The number of rotatable bonds is 7. The Morgan fingerprint density at radius 3 is 2.32 bits per heavy atom. The molecule has 1 rings (SSSR count). The number of carbonyl (C=O) groups is 2. The Balaban J connectivity index is 2.89. The van der Waals surface area contributed by atoms with Crippen molar-refractivity contribution in [1.29, 1.82) is 0 Å². The maximum absolute atomic E-state index is 11.8. The molecule has 0 saturated carbocycles. The lowest BCUT2D eigenvalue weighted by atomic mass is 9.86. The van der Waals surface area contributed by atoms with Crippen LogP contribution in [0.3, 0.4) is 0 Å². The summed E-state index contributed by atoms with van der Waals surface area (Å²) in [4.78, 5) is 22.9. The van der Waals surface area contributed by atoms with Crippen molar-refractivity contribution in [1.82, 2.24) is 5.32 Å². The number of carboxylic acid groups (broad SMARTS) is 1. The van der Waals surface area contributed by atoms with Gasteiger partial charge in [0.1, 0.15) is 0 Å². The van der Waals surface area contributed by atoms with Gasteiger partial charge >= 0.3 is 5.97 Å². The molecule has 120 valence electrons. The molecule has 1 amide bonds. The number of benzene rings is 1. The summed E-state index contributed by atoms with van der Waals surface area (Å²) in [5.74, 6) is -1.10. The van der Waals surface area contributed by atoms with Crippen LogP contribution < -0.4 is 5.32 Å². The highest BCUT2D eigenvalue weighted by Crippen LogP contribution is 2.25. The molecule has 1 aromatic carbocycles. The Morgan fingerprint density at radius 1 is 1.27 bits per heavy atom. The monoisotopic (exact) mass is 303 g/mol. The lowest BCUT2D eigenvalue weighted by Gasteiger charge is -2.21. The number of carboxylic acids is 1. The van der Waals surface area contributed by atoms with Gasteiger partial charge in [-0.1, -0.05) is 51.1 Å². The van der Waals surface area contributed by atoms with Crippen LogP contribution in [0.2, 0.25) is 0 Å². The van der Waals surface area contributed by atoms with E-state index in [-0.39, 0.29) is 17.7 Å². The standard InChI is InChI=1S/C18H25NO3/c1-5-6-7-16(20)19-15(12-17(21)22)13-8-10-14(11-9-13)18(2,3)4/h5,8-11,15H,1,6-7,12H2,2-4H3,(H,19,20)(H,21,22). The highest BCUT2D eigenvalue weighted by atomic mass is 16.4. The predicted molar refractivity (Wildman–Crippen MR) is 87.7 cm³/mol. The highest BCUT2D eigenvalue weighted by Gasteiger charge is 2.19. The first-order valence-corrected chi connectivity index (χ1v) is 7.46. The third-order valence-electron chi connectivity index (χ3n) is 3.47. The van der Waals surface area contributed by atoms with Crippen molar-refractivity contribution in [3.8, 4) is 0 Å². The molecule has 0 aromatic heterocycles. The Morgan fingerprint density at radius 2 is 1.86 bits per heavy atom. The summed E-state index contributed by atoms with van der Waals surface area (Å²) >= 11 is 0. The average molecular weight is 303 g/mol. The normalized spacial score (nSPS) is 12.5. The molecule has 0 saturated heterocycles. The lowest BCUT2D eigenvalue weighted by Crippen LogP contribution is -2.30. The first-order valence-electron chi connectivity index (χ1n) is 7.46. The minimum Gasteiger partial charge on any atom is -0.481 e. The molecule has 4 heteroatoms. The van der Waals surface area contributed by atoms with Crippen LogP contribution in [0.5, 0.6) is 0 Å². The summed E-state index contributed by atoms with van der Waals surface area (Å²) in [5, 5.41) is 11.8. The van der Waals surface area contributed by atoms with Crippen LogP contribution >= 0.6 is 0 Å². The second-order valence-corrected chi connectivity index (χ2v) is 6.42. The number of aliphatic carboxylic acids is 1. The molecular formula is C18H25NO3. The predicted octanol–water partition coefficient (Wildman–Crippen LogP) is 3.58. The molecule has 0 aliphatic rings. The zero-order valence-corrected chi connectivity index (χ0v) is 13.6. The molecule has 0 heterocycles. The SMILES string of the molecule is C=CCCC(=O)NC(CC(=O)O)c1ccc(C(C)(C)C)cc1. The Hall–Kier alpha value is -2.10. The zero-order valence-electron chi connectivity index (χ0n) is 13.6. The summed E-state index contributed by atoms with van der Waals surface area (Å²) in [6.07, 6.45) is 2.44. The molecule has 0 radical (unpaired) electrons. The molecule has 0 aliphatic heterocycles. The molecule has 2 N–H and O–H groups in total. The fourth-order valence-corrected chi connectivity index (χ4v) is 2.14. The van der Waals surface area contributed by atoms with E-state index in [0.29, 0.717) is 12.8 Å². The number of amides is 1. The van der Waals surface area contributed by atoms with Crippen molar-refractivity contribution in [3.05, 3.63) is 48.0 Å². The van der Waals surface area contributed by atoms with E-state index in [4.69, 9.17) is 5.11 Å². The number of hydrogen-bond acceptors (Lipinski definition) is 2. The van der Waals surface area contributed by atoms with Gasteiger partial charge in [0.15, 0.2) is 0 Å². The van der Waals surface area contributed by atoms with Crippen molar-refractivity contribution in [2.24, 2.45) is 0 Å². The number of carbonyl (C=O) groups excluding carboxylic acids is 1. The first kappa shape index (κ1) is 18.0. The topological polar surface area (TPSA) is 66.4 Å². The van der Waals surface area contributed by atoms with E-state index in [1.54, 1.807) is 6.08 Å². The van der Waals surface area contributed by atoms with E-state index in [1.807, 2.05) is 24.3 Å². The molecule has 1 atom stereocenters. The second kappa shape index (κ2) is 7.78. The third kappa shape index (κ3) is 5.72. The minimum atomic E-state index is -0.936. The molecule has 0 bridgehead atoms. The van der Waals surface area contributed by atoms with Gasteiger partial charge in [0.05, 0.1) is 12.5 Å². The molecule has 1 aromatic rings. The van der Waals surface area contributed by atoms with Gasteiger partial charge in [-0.25, -0.2) is 0 Å². The molecule has 0 spiro atoms. The molecule has 1 unspecified atom stereocenters. The van der Waals surface area contributed by atoms with Gasteiger partial charge in [-0.2, -0.15) is 0 Å². The summed E-state index contributed by atoms with van der Waals surface area (Å²) in [6.45, 7) is 9.93. The van der Waals surface area contributed by atoms with Crippen LogP contribution in [-0.4, -0.2) is 17.0 Å². The van der Waals surface area contributed by atoms with Crippen molar-refractivity contribution >= 4 is 11.9 Å². The smallest absolute Gasteiger partial charge is 0.305 e. The molecular weight excluding hydrogens is 278 g/mol. The number of allylic oxidation sites excluding steroid dienone is 1. The minimum absolute atomic E-state index is 0.0357. The molecule has 0 aliphatic carbocycles. The van der Waals surface area contributed by atoms with E-state index < -0.39 is 12.0 Å². The molecule has 22 heavy (non-hydrogen) atoms. The fourth-order valence-electron chi connectivity index (χ4n) is 2.14. The van der Waals surface area contributed by atoms with Gasteiger partial charge in [0.25, 0.3) is 0 Å². The molecule has 4 nitrogen and oxygen atoms in total. The van der Waals surface area contributed by atoms with E-state index in [2.05, 4.69) is 32.7 Å². The zero-order chi connectivity index (χ0) is 16.8. The largest absolute Gasteiger partial charge is 0.481 e. The van der Waals surface area contributed by atoms with Gasteiger partial charge in [0.2, 0.25) is 5.91 Å². The van der Waals surface area contributed by atoms with Crippen molar-refractivity contribution in [2.75, 3.05) is 0 Å². The van der Waals surface area contributed by atoms with E-state index in [1.165, 1.54) is 5.56 Å². The van der Waals surface area contributed by atoms with Crippen LogP contribution in [0.15, 0.2) is 36.9 Å². The van der Waals surface area contributed by atoms with Crippen LogP contribution in [0.25, 0.3) is 0 Å². The lowest BCUT2D eigenvalue weighted by molar-refractivity contribution is -0.137. The van der Waals surface area contributed by atoms with E-state index >= 15 is 0 Å². The average Bonchev–Trinajstić information content (AvgIpc) is 2.43. The van der Waals surface area contributed by atoms with E-state index in [0.717, 1.165) is 5.56 Å². The van der Waals surface area contributed by atoms with Crippen LogP contribution in [0.4, 0.5) is 0 Å². The number of hydrogen-bond donors (Lipinski definition) is 2.